The Bertz CT molecular complexity index is 193. The third-order valence-corrected chi connectivity index (χ3v) is 2.15. The maximum atomic E-state index is 9.79. The van der Waals surface area contributed by atoms with Crippen LogP contribution in [-0.2, 0) is 10.1 Å². The zero-order chi connectivity index (χ0) is 11.1. The minimum Gasteiger partial charge on any atom is -0.392 e. The fraction of sp³-hybridized carbons (Fsp3) is 1.00. The van der Waals surface area contributed by atoms with Gasteiger partial charge in [-0.3, -0.25) is 4.55 Å². The lowest BCUT2D eigenvalue weighted by Gasteiger charge is -2.04. The molecule has 0 aliphatic carbocycles. The Morgan fingerprint density at radius 3 is 1.69 bits per heavy atom. The van der Waals surface area contributed by atoms with Crippen LogP contribution in [0.5, 0.6) is 0 Å². The van der Waals surface area contributed by atoms with Crippen LogP contribution in [0.4, 0.5) is 0 Å². The van der Waals surface area contributed by atoms with Crippen molar-refractivity contribution in [3.63, 3.8) is 0 Å². The van der Waals surface area contributed by atoms with Crippen LogP contribution in [0.2, 0.25) is 0 Å². The van der Waals surface area contributed by atoms with E-state index in [2.05, 4.69) is 0 Å². The molecular weight excluding hydrogens is 194 g/mol. The molecule has 0 aromatic rings. The van der Waals surface area contributed by atoms with Crippen LogP contribution >= 0.6 is 0 Å². The van der Waals surface area contributed by atoms with Crippen LogP contribution in [0, 0.1) is 0 Å². The molecule has 0 aliphatic rings. The summed E-state index contributed by atoms with van der Waals surface area (Å²) in [6, 6.07) is -0.0926. The first-order valence-corrected chi connectivity index (χ1v) is 5.70. The predicted octanol–water partition coefficient (Wildman–Crippen LogP) is -0.00140. The zero-order valence-corrected chi connectivity index (χ0v) is 9.08. The third kappa shape index (κ3) is 18.6. The van der Waals surface area contributed by atoms with Gasteiger partial charge in [0.05, 0.1) is 11.9 Å². The molecule has 0 rings (SSSR count). The van der Waals surface area contributed by atoms with Gasteiger partial charge in [-0.15, -0.1) is 0 Å². The Labute approximate surface area is 79.7 Å². The van der Waals surface area contributed by atoms with E-state index in [1.807, 2.05) is 0 Å². The average molecular weight is 213 g/mol. The van der Waals surface area contributed by atoms with Crippen molar-refractivity contribution in [2.75, 3.05) is 5.75 Å². The third-order valence-electron chi connectivity index (χ3n) is 1.22. The van der Waals surface area contributed by atoms with E-state index in [1.54, 1.807) is 20.8 Å². The Morgan fingerprint density at radius 2 is 1.69 bits per heavy atom. The zero-order valence-electron chi connectivity index (χ0n) is 8.27. The van der Waals surface area contributed by atoms with Crippen LogP contribution in [0.1, 0.15) is 27.2 Å². The topological polar surface area (TPSA) is 101 Å². The van der Waals surface area contributed by atoms with Gasteiger partial charge in [0.25, 0.3) is 10.1 Å². The fourth-order valence-electron chi connectivity index (χ4n) is 0.258. The summed E-state index contributed by atoms with van der Waals surface area (Å²) < 4.78 is 27.6. The molecule has 0 radical (unpaired) electrons. The maximum Gasteiger partial charge on any atom is 0.264 e. The summed E-state index contributed by atoms with van der Waals surface area (Å²) in [5.41, 5.74) is 5.19. The number of hydrogen-bond donors (Lipinski definition) is 3. The summed E-state index contributed by atoms with van der Waals surface area (Å²) >= 11 is 0. The Balaban J connectivity index is 0. The fourth-order valence-corrected chi connectivity index (χ4v) is 0.774. The van der Waals surface area contributed by atoms with E-state index in [9.17, 15) is 8.42 Å². The van der Waals surface area contributed by atoms with E-state index < -0.39 is 10.1 Å². The van der Waals surface area contributed by atoms with Gasteiger partial charge >= 0.3 is 0 Å². The summed E-state index contributed by atoms with van der Waals surface area (Å²) in [5, 5.41) is 8.50. The van der Waals surface area contributed by atoms with Gasteiger partial charge in [0.2, 0.25) is 0 Å². The van der Waals surface area contributed by atoms with Gasteiger partial charge in [-0.1, -0.05) is 6.92 Å². The van der Waals surface area contributed by atoms with Gasteiger partial charge in [-0.05, 0) is 20.3 Å². The van der Waals surface area contributed by atoms with Gasteiger partial charge < -0.3 is 10.8 Å². The van der Waals surface area contributed by atoms with Crippen molar-refractivity contribution in [1.29, 1.82) is 0 Å². The van der Waals surface area contributed by atoms with Crippen molar-refractivity contribution in [1.82, 2.24) is 0 Å². The molecule has 6 heteroatoms. The molecule has 0 saturated carbocycles. The quantitative estimate of drug-likeness (QED) is 0.573. The lowest BCUT2D eigenvalue weighted by molar-refractivity contribution is 0.170. The van der Waals surface area contributed by atoms with Gasteiger partial charge in [-0.2, -0.15) is 8.42 Å². The number of hydrogen-bond acceptors (Lipinski definition) is 4. The molecule has 0 aromatic heterocycles. The summed E-state index contributed by atoms with van der Waals surface area (Å²) in [6.07, 6.45) is 0.101. The first-order chi connectivity index (χ1) is 5.70. The molecule has 82 valence electrons. The first kappa shape index (κ1) is 15.3. The van der Waals surface area contributed by atoms with Crippen LogP contribution < -0.4 is 5.73 Å². The van der Waals surface area contributed by atoms with Crippen LogP contribution in [0.25, 0.3) is 0 Å². The largest absolute Gasteiger partial charge is 0.392 e. The van der Waals surface area contributed by atoms with Gasteiger partial charge in [0, 0.05) is 6.04 Å². The number of aliphatic hydroxyl groups excluding tert-OH is 1. The van der Waals surface area contributed by atoms with Crippen molar-refractivity contribution >= 4 is 10.1 Å². The van der Waals surface area contributed by atoms with Crippen molar-refractivity contribution in [3.8, 4) is 0 Å². The molecule has 5 nitrogen and oxygen atoms in total. The Morgan fingerprint density at radius 1 is 1.38 bits per heavy atom. The van der Waals surface area contributed by atoms with Crippen molar-refractivity contribution < 1.29 is 18.1 Å². The van der Waals surface area contributed by atoms with Gasteiger partial charge in [0.1, 0.15) is 0 Å². The predicted molar refractivity (Wildman–Crippen MR) is 52.0 cm³/mol. The minimum absolute atomic E-state index is 0.0926. The van der Waals surface area contributed by atoms with Crippen molar-refractivity contribution in [2.45, 2.75) is 39.3 Å². The van der Waals surface area contributed by atoms with Gasteiger partial charge in [-0.25, -0.2) is 0 Å². The van der Waals surface area contributed by atoms with Crippen LogP contribution in [0.3, 0.4) is 0 Å². The maximum absolute atomic E-state index is 9.79. The smallest absolute Gasteiger partial charge is 0.264 e. The van der Waals surface area contributed by atoms with Crippen molar-refractivity contribution in [2.24, 2.45) is 5.73 Å². The molecule has 0 saturated heterocycles. The molecule has 0 fully saturated rings. The second kappa shape index (κ2) is 7.25. The first-order valence-electron chi connectivity index (χ1n) is 4.09. The molecule has 13 heavy (non-hydrogen) atoms. The molecule has 0 heterocycles. The van der Waals surface area contributed by atoms with Gasteiger partial charge in [0.15, 0.2) is 0 Å². The standard InChI is InChI=1S/C4H11NO.C3H8O3S/c1-3(5)4(2)6;1-2-3-7(4,5)6/h3-4,6H,5H2,1-2H3;2-3H2,1H3,(H,4,5,6). The summed E-state index contributed by atoms with van der Waals surface area (Å²) in [6.45, 7) is 5.13. The number of aliphatic hydroxyl groups is 1. The lowest BCUT2D eigenvalue weighted by Crippen LogP contribution is -2.28. The molecule has 2 atom stereocenters. The summed E-state index contributed by atoms with van der Waals surface area (Å²) in [7, 11) is -3.67. The van der Waals surface area contributed by atoms with Crippen molar-refractivity contribution in [3.05, 3.63) is 0 Å². The normalized spacial score (nSPS) is 15.5. The molecule has 0 aromatic carbocycles. The Kier molecular flexibility index (Phi) is 8.54. The highest BCUT2D eigenvalue weighted by molar-refractivity contribution is 7.85. The van der Waals surface area contributed by atoms with E-state index in [1.165, 1.54) is 0 Å². The van der Waals surface area contributed by atoms with Crippen LogP contribution in [-0.4, -0.2) is 36.0 Å². The van der Waals surface area contributed by atoms with E-state index in [4.69, 9.17) is 15.4 Å². The number of rotatable bonds is 3. The molecule has 4 N–H and O–H groups in total. The van der Waals surface area contributed by atoms with E-state index in [-0.39, 0.29) is 17.9 Å². The lowest BCUT2D eigenvalue weighted by atomic mass is 10.2. The van der Waals surface area contributed by atoms with E-state index in [0.29, 0.717) is 6.42 Å². The highest BCUT2D eigenvalue weighted by atomic mass is 32.2. The van der Waals surface area contributed by atoms with E-state index >= 15 is 0 Å². The SMILES string of the molecule is CC(N)C(C)O.CCCS(=O)(=O)O. The minimum atomic E-state index is -3.67. The second-order valence-electron chi connectivity index (χ2n) is 2.89. The molecule has 0 spiro atoms. The monoisotopic (exact) mass is 213 g/mol. The molecule has 2 unspecified atom stereocenters. The number of nitrogens with two attached hydrogens (primary N) is 1. The molecule has 0 aliphatic heterocycles. The highest BCUT2D eigenvalue weighted by Crippen LogP contribution is 1.83. The van der Waals surface area contributed by atoms with E-state index in [0.717, 1.165) is 0 Å². The second-order valence-corrected chi connectivity index (χ2v) is 4.46. The molecule has 0 bridgehead atoms. The summed E-state index contributed by atoms with van der Waals surface area (Å²) in [5.74, 6) is -0.132. The highest BCUT2D eigenvalue weighted by Gasteiger charge is 1.98. The molecule has 0 amide bonds. The summed E-state index contributed by atoms with van der Waals surface area (Å²) in [4.78, 5) is 0. The Hall–Kier alpha value is -0.170. The average Bonchev–Trinajstić information content (AvgIpc) is 1.85. The van der Waals surface area contributed by atoms with Crippen LogP contribution in [0.15, 0.2) is 0 Å². The molecular formula is C7H19NO4S.